The fourth-order valence-corrected chi connectivity index (χ4v) is 3.87. The first-order valence-corrected chi connectivity index (χ1v) is 10.5. The fourth-order valence-electron chi connectivity index (χ4n) is 2.69. The molecule has 0 aromatic rings. The van der Waals surface area contributed by atoms with Gasteiger partial charge >= 0.3 is 5.97 Å². The predicted molar refractivity (Wildman–Crippen MR) is 98.2 cm³/mol. The second-order valence-corrected chi connectivity index (χ2v) is 8.77. The van der Waals surface area contributed by atoms with Crippen LogP contribution < -0.4 is 0 Å². The van der Waals surface area contributed by atoms with Crippen molar-refractivity contribution in [1.82, 2.24) is 0 Å². The average molecular weight is 442 g/mol. The Labute approximate surface area is 151 Å². The summed E-state index contributed by atoms with van der Waals surface area (Å²) in [6.45, 7) is 2.64. The van der Waals surface area contributed by atoms with E-state index in [1.807, 2.05) is 0 Å². The van der Waals surface area contributed by atoms with E-state index in [0.717, 1.165) is 19.3 Å². The monoisotopic (exact) mass is 440 g/mol. The van der Waals surface area contributed by atoms with Gasteiger partial charge in [0, 0.05) is 9.65 Å². The number of hydrogen-bond acceptors (Lipinski definition) is 2. The molecular weight excluding hydrogens is 412 g/mol. The SMILES string of the molecule is CCCCCCCCC(Br)C(Br)CCCCC1(C(=O)O)CO1. The molecule has 1 heterocycles. The molecule has 5 heteroatoms. The minimum atomic E-state index is -0.839. The number of carbonyl (C=O) groups is 1. The average Bonchev–Trinajstić information content (AvgIpc) is 3.28. The maximum absolute atomic E-state index is 11.0. The molecule has 0 aromatic heterocycles. The number of halogens is 2. The number of aliphatic carboxylic acids is 1. The molecule has 3 atom stereocenters. The normalized spacial score (nSPS) is 23.2. The van der Waals surface area contributed by atoms with Gasteiger partial charge in [0.15, 0.2) is 5.60 Å². The lowest BCUT2D eigenvalue weighted by atomic mass is 10.0. The zero-order valence-electron chi connectivity index (χ0n) is 13.7. The van der Waals surface area contributed by atoms with E-state index in [9.17, 15) is 4.79 Å². The van der Waals surface area contributed by atoms with Crippen molar-refractivity contribution < 1.29 is 14.6 Å². The Morgan fingerprint density at radius 1 is 1.05 bits per heavy atom. The highest BCUT2D eigenvalue weighted by Gasteiger charge is 2.51. The van der Waals surface area contributed by atoms with Gasteiger partial charge in [-0.05, 0) is 25.7 Å². The summed E-state index contributed by atoms with van der Waals surface area (Å²) < 4.78 is 5.08. The van der Waals surface area contributed by atoms with Gasteiger partial charge in [-0.3, -0.25) is 0 Å². The summed E-state index contributed by atoms with van der Waals surface area (Å²) in [5.41, 5.74) is -0.839. The highest BCUT2D eigenvalue weighted by Crippen LogP contribution is 2.34. The van der Waals surface area contributed by atoms with Crippen molar-refractivity contribution in [2.24, 2.45) is 0 Å². The van der Waals surface area contributed by atoms with E-state index in [1.54, 1.807) is 0 Å². The number of rotatable bonds is 14. The maximum atomic E-state index is 11.0. The summed E-state index contributed by atoms with van der Waals surface area (Å²) in [5.74, 6) is -0.802. The topological polar surface area (TPSA) is 49.8 Å². The largest absolute Gasteiger partial charge is 0.479 e. The van der Waals surface area contributed by atoms with Crippen LogP contribution >= 0.6 is 31.9 Å². The van der Waals surface area contributed by atoms with E-state index in [4.69, 9.17) is 9.84 Å². The van der Waals surface area contributed by atoms with Crippen LogP contribution in [-0.4, -0.2) is 32.9 Å². The van der Waals surface area contributed by atoms with Gasteiger partial charge in [-0.15, -0.1) is 0 Å². The Balaban J connectivity index is 1.99. The third-order valence-corrected chi connectivity index (χ3v) is 7.32. The Morgan fingerprint density at radius 2 is 1.55 bits per heavy atom. The molecule has 0 amide bonds. The second-order valence-electron chi connectivity index (χ2n) is 6.42. The minimum Gasteiger partial charge on any atom is -0.479 e. The highest BCUT2D eigenvalue weighted by atomic mass is 79.9. The van der Waals surface area contributed by atoms with Crippen molar-refractivity contribution in [3.63, 3.8) is 0 Å². The number of alkyl halides is 2. The van der Waals surface area contributed by atoms with Crippen LogP contribution in [0.15, 0.2) is 0 Å². The molecule has 0 spiro atoms. The van der Waals surface area contributed by atoms with Crippen LogP contribution in [-0.2, 0) is 9.53 Å². The lowest BCUT2D eigenvalue weighted by Gasteiger charge is -2.17. The van der Waals surface area contributed by atoms with Gasteiger partial charge in [0.1, 0.15) is 0 Å². The third-order valence-electron chi connectivity index (χ3n) is 4.42. The predicted octanol–water partition coefficient (Wildman–Crippen LogP) is 5.68. The number of carboxylic acid groups (broad SMARTS) is 1. The van der Waals surface area contributed by atoms with Crippen LogP contribution in [0, 0.1) is 0 Å². The van der Waals surface area contributed by atoms with Gasteiger partial charge in [-0.25, -0.2) is 4.79 Å². The molecule has 130 valence electrons. The van der Waals surface area contributed by atoms with Gasteiger partial charge in [0.2, 0.25) is 0 Å². The number of carboxylic acids is 1. The molecule has 0 saturated carbocycles. The summed E-state index contributed by atoms with van der Waals surface area (Å²) in [5, 5.41) is 9.03. The molecule has 0 aromatic carbocycles. The number of ether oxygens (including phenoxy) is 1. The summed E-state index contributed by atoms with van der Waals surface area (Å²) in [4.78, 5) is 12.0. The molecule has 1 aliphatic rings. The molecule has 1 N–H and O–H groups in total. The van der Waals surface area contributed by atoms with Crippen molar-refractivity contribution in [2.45, 2.75) is 92.8 Å². The minimum absolute atomic E-state index is 0.388. The quantitative estimate of drug-likeness (QED) is 0.214. The standard InChI is InChI=1S/C17H30Br2O3/c1-2-3-4-5-6-7-10-14(18)15(19)11-8-9-12-17(13-22-17)16(20)21/h14-15H,2-13H2,1H3,(H,20,21). The molecule has 3 nitrogen and oxygen atoms in total. The Hall–Kier alpha value is 0.390. The molecule has 3 unspecified atom stereocenters. The first-order chi connectivity index (χ1) is 10.5. The van der Waals surface area contributed by atoms with E-state index in [-0.39, 0.29) is 0 Å². The van der Waals surface area contributed by atoms with Crippen LogP contribution in [0.3, 0.4) is 0 Å². The molecule has 1 aliphatic heterocycles. The fraction of sp³-hybridized carbons (Fsp3) is 0.941. The van der Waals surface area contributed by atoms with Crippen LogP contribution in [0.2, 0.25) is 0 Å². The summed E-state index contributed by atoms with van der Waals surface area (Å²) >= 11 is 7.56. The second kappa shape index (κ2) is 11.0. The van der Waals surface area contributed by atoms with Gasteiger partial charge in [-0.2, -0.15) is 0 Å². The Morgan fingerprint density at radius 3 is 2.05 bits per heavy atom. The van der Waals surface area contributed by atoms with E-state index in [1.165, 1.54) is 44.9 Å². The molecule has 1 rings (SSSR count). The smallest absolute Gasteiger partial charge is 0.338 e. The molecular formula is C17H30Br2O3. The Bertz CT molecular complexity index is 319. The van der Waals surface area contributed by atoms with Crippen LogP contribution in [0.1, 0.15) is 77.6 Å². The maximum Gasteiger partial charge on any atom is 0.338 e. The van der Waals surface area contributed by atoms with Crippen molar-refractivity contribution >= 4 is 37.8 Å². The van der Waals surface area contributed by atoms with Gasteiger partial charge in [0.05, 0.1) is 6.61 Å². The lowest BCUT2D eigenvalue weighted by molar-refractivity contribution is -0.143. The molecule has 22 heavy (non-hydrogen) atoms. The van der Waals surface area contributed by atoms with Gasteiger partial charge < -0.3 is 9.84 Å². The van der Waals surface area contributed by atoms with Crippen LogP contribution in [0.4, 0.5) is 0 Å². The highest BCUT2D eigenvalue weighted by molar-refractivity contribution is 9.12. The lowest BCUT2D eigenvalue weighted by Crippen LogP contribution is -2.23. The first-order valence-electron chi connectivity index (χ1n) is 8.67. The molecule has 0 radical (unpaired) electrons. The summed E-state index contributed by atoms with van der Waals surface area (Å²) in [7, 11) is 0. The molecule has 0 aliphatic carbocycles. The van der Waals surface area contributed by atoms with Crippen molar-refractivity contribution in [3.05, 3.63) is 0 Å². The van der Waals surface area contributed by atoms with E-state index >= 15 is 0 Å². The van der Waals surface area contributed by atoms with E-state index in [0.29, 0.717) is 22.7 Å². The van der Waals surface area contributed by atoms with Crippen LogP contribution in [0.25, 0.3) is 0 Å². The Kier molecular flexibility index (Phi) is 10.2. The molecule has 1 fully saturated rings. The van der Waals surface area contributed by atoms with Gasteiger partial charge in [-0.1, -0.05) is 83.7 Å². The number of unbranched alkanes of at least 4 members (excludes halogenated alkanes) is 6. The van der Waals surface area contributed by atoms with Crippen molar-refractivity contribution in [1.29, 1.82) is 0 Å². The molecule has 0 bridgehead atoms. The van der Waals surface area contributed by atoms with E-state index in [2.05, 4.69) is 38.8 Å². The van der Waals surface area contributed by atoms with Crippen LogP contribution in [0.5, 0.6) is 0 Å². The number of epoxide rings is 1. The van der Waals surface area contributed by atoms with E-state index < -0.39 is 11.6 Å². The van der Waals surface area contributed by atoms with Crippen molar-refractivity contribution in [2.75, 3.05) is 6.61 Å². The summed E-state index contributed by atoms with van der Waals surface area (Å²) in [6, 6.07) is 0. The zero-order valence-corrected chi connectivity index (χ0v) is 16.8. The summed E-state index contributed by atoms with van der Waals surface area (Å²) in [6.07, 6.45) is 12.9. The first kappa shape index (κ1) is 20.4. The third kappa shape index (κ3) is 7.78. The molecule has 1 saturated heterocycles. The van der Waals surface area contributed by atoms with Crippen molar-refractivity contribution in [3.8, 4) is 0 Å². The van der Waals surface area contributed by atoms with Gasteiger partial charge in [0.25, 0.3) is 0 Å². The zero-order chi connectivity index (χ0) is 16.4. The number of hydrogen-bond donors (Lipinski definition) is 1.